The van der Waals surface area contributed by atoms with Gasteiger partial charge < -0.3 is 14.7 Å². The van der Waals surface area contributed by atoms with Crippen molar-refractivity contribution >= 4 is 5.91 Å². The van der Waals surface area contributed by atoms with Gasteiger partial charge in [0.2, 0.25) is 5.88 Å². The van der Waals surface area contributed by atoms with Crippen LogP contribution in [0.4, 0.5) is 13.2 Å². The fraction of sp³-hybridized carbons (Fsp3) is 0.250. The number of carbonyl (C=O) groups is 1. The second kappa shape index (κ2) is 7.20. The smallest absolute Gasteiger partial charge is 0.422 e. The van der Waals surface area contributed by atoms with Gasteiger partial charge in [0.05, 0.1) is 0 Å². The summed E-state index contributed by atoms with van der Waals surface area (Å²) in [5.74, 6) is -0.611. The largest absolute Gasteiger partial charge is 0.508 e. The number of phenols is 1. The molecule has 5 nitrogen and oxygen atoms in total. The minimum Gasteiger partial charge on any atom is -0.508 e. The second-order valence-corrected chi connectivity index (χ2v) is 5.09. The van der Waals surface area contributed by atoms with Gasteiger partial charge in [-0.05, 0) is 23.8 Å². The van der Waals surface area contributed by atoms with Crippen molar-refractivity contribution in [1.29, 1.82) is 0 Å². The molecule has 1 N–H and O–H groups in total. The third-order valence-corrected chi connectivity index (χ3v) is 3.03. The molecule has 0 aliphatic carbocycles. The van der Waals surface area contributed by atoms with Gasteiger partial charge in [-0.15, -0.1) is 0 Å². The molecule has 0 saturated carbocycles. The highest BCUT2D eigenvalue weighted by Gasteiger charge is 2.28. The maximum atomic E-state index is 12.3. The molecule has 0 unspecified atom stereocenters. The number of aromatic hydroxyl groups is 1. The van der Waals surface area contributed by atoms with Crippen LogP contribution in [0, 0.1) is 0 Å². The Bertz CT molecular complexity index is 702. The molecule has 8 heteroatoms. The number of hydrogen-bond donors (Lipinski definition) is 1. The van der Waals surface area contributed by atoms with E-state index in [4.69, 9.17) is 0 Å². The van der Waals surface area contributed by atoms with Crippen molar-refractivity contribution in [1.82, 2.24) is 9.88 Å². The van der Waals surface area contributed by atoms with Crippen LogP contribution in [0.2, 0.25) is 0 Å². The minimum absolute atomic E-state index is 0.0176. The van der Waals surface area contributed by atoms with Crippen molar-refractivity contribution < 1.29 is 27.8 Å². The molecule has 0 atom stereocenters. The fourth-order valence-corrected chi connectivity index (χ4v) is 1.91. The number of ether oxygens (including phenoxy) is 1. The summed E-state index contributed by atoms with van der Waals surface area (Å²) in [5, 5.41) is 9.23. The van der Waals surface area contributed by atoms with Crippen LogP contribution >= 0.6 is 0 Å². The molecule has 0 bridgehead atoms. The summed E-state index contributed by atoms with van der Waals surface area (Å²) in [5.41, 5.74) is 0.768. The summed E-state index contributed by atoms with van der Waals surface area (Å²) in [7, 11) is 1.54. The van der Waals surface area contributed by atoms with Crippen molar-refractivity contribution in [3.05, 3.63) is 53.7 Å². The minimum atomic E-state index is -4.47. The number of rotatable bonds is 5. The zero-order chi connectivity index (χ0) is 17.7. The van der Waals surface area contributed by atoms with Crippen molar-refractivity contribution in [3.63, 3.8) is 0 Å². The van der Waals surface area contributed by atoms with E-state index in [1.807, 2.05) is 0 Å². The van der Waals surface area contributed by atoms with E-state index >= 15 is 0 Å². The molecule has 0 saturated heterocycles. The van der Waals surface area contributed by atoms with E-state index in [2.05, 4.69) is 9.72 Å². The Balaban J connectivity index is 2.04. The third-order valence-electron chi connectivity index (χ3n) is 3.03. The Kier molecular flexibility index (Phi) is 5.28. The van der Waals surface area contributed by atoms with E-state index in [9.17, 15) is 23.1 Å². The van der Waals surface area contributed by atoms with Crippen molar-refractivity contribution in [3.8, 4) is 11.6 Å². The number of nitrogens with zero attached hydrogens (tertiary/aromatic N) is 2. The maximum Gasteiger partial charge on any atom is 0.422 e. The van der Waals surface area contributed by atoms with Crippen LogP contribution in [0.3, 0.4) is 0 Å². The lowest BCUT2D eigenvalue weighted by Crippen LogP contribution is -2.27. The first kappa shape index (κ1) is 17.6. The summed E-state index contributed by atoms with van der Waals surface area (Å²) in [6.45, 7) is -1.21. The van der Waals surface area contributed by atoms with Gasteiger partial charge in [-0.1, -0.05) is 18.2 Å². The SMILES string of the molecule is CN(Cc1ccc(O)cc1)C(=O)c1cccc(OCC(F)(F)F)n1. The lowest BCUT2D eigenvalue weighted by molar-refractivity contribution is -0.154. The number of hydrogen-bond acceptors (Lipinski definition) is 4. The topological polar surface area (TPSA) is 62.7 Å². The first-order valence-corrected chi connectivity index (χ1v) is 6.94. The van der Waals surface area contributed by atoms with Crippen LogP contribution in [-0.4, -0.2) is 40.7 Å². The van der Waals surface area contributed by atoms with Crippen molar-refractivity contribution in [2.24, 2.45) is 0 Å². The predicted octanol–water partition coefficient (Wildman–Crippen LogP) is 3.00. The molecule has 0 spiro atoms. The summed E-state index contributed by atoms with van der Waals surface area (Å²) in [4.78, 5) is 17.5. The van der Waals surface area contributed by atoms with Crippen LogP contribution in [-0.2, 0) is 6.54 Å². The zero-order valence-electron chi connectivity index (χ0n) is 12.7. The molecule has 1 aromatic heterocycles. The Morgan fingerprint density at radius 1 is 1.21 bits per heavy atom. The Labute approximate surface area is 136 Å². The lowest BCUT2D eigenvalue weighted by atomic mass is 10.2. The molecule has 2 rings (SSSR count). The fourth-order valence-electron chi connectivity index (χ4n) is 1.91. The van der Waals surface area contributed by atoms with Crippen LogP contribution < -0.4 is 4.74 Å². The molecule has 0 radical (unpaired) electrons. The highest BCUT2D eigenvalue weighted by atomic mass is 19.4. The number of pyridine rings is 1. The average Bonchev–Trinajstić information content (AvgIpc) is 2.54. The van der Waals surface area contributed by atoms with Crippen LogP contribution in [0.25, 0.3) is 0 Å². The monoisotopic (exact) mass is 340 g/mol. The van der Waals surface area contributed by atoms with Gasteiger partial charge in [-0.3, -0.25) is 4.79 Å². The number of phenolic OH excluding ortho intramolecular Hbond substituents is 1. The zero-order valence-corrected chi connectivity index (χ0v) is 12.7. The average molecular weight is 340 g/mol. The number of benzene rings is 1. The molecule has 24 heavy (non-hydrogen) atoms. The van der Waals surface area contributed by atoms with Crippen molar-refractivity contribution in [2.75, 3.05) is 13.7 Å². The Morgan fingerprint density at radius 2 is 1.88 bits per heavy atom. The van der Waals surface area contributed by atoms with Gasteiger partial charge in [-0.2, -0.15) is 13.2 Å². The number of halogens is 3. The Hall–Kier alpha value is -2.77. The molecule has 1 amide bonds. The molecular weight excluding hydrogens is 325 g/mol. The van der Waals surface area contributed by atoms with Crippen LogP contribution in [0.1, 0.15) is 16.1 Å². The molecule has 2 aromatic rings. The highest BCUT2D eigenvalue weighted by Crippen LogP contribution is 2.18. The molecule has 128 valence electrons. The van der Waals surface area contributed by atoms with E-state index in [1.54, 1.807) is 19.2 Å². The number of aromatic nitrogens is 1. The summed E-state index contributed by atoms with van der Waals surface area (Å²) in [6, 6.07) is 10.4. The van der Waals surface area contributed by atoms with Gasteiger partial charge in [0, 0.05) is 19.7 Å². The van der Waals surface area contributed by atoms with E-state index in [0.717, 1.165) is 5.56 Å². The number of amides is 1. The quantitative estimate of drug-likeness (QED) is 0.909. The Morgan fingerprint density at radius 3 is 2.50 bits per heavy atom. The van der Waals surface area contributed by atoms with E-state index in [1.165, 1.54) is 35.2 Å². The number of alkyl halides is 3. The first-order valence-electron chi connectivity index (χ1n) is 6.94. The van der Waals surface area contributed by atoms with Crippen LogP contribution in [0.5, 0.6) is 11.6 Å². The van der Waals surface area contributed by atoms with Gasteiger partial charge >= 0.3 is 6.18 Å². The standard InChI is InChI=1S/C16H15F3N2O3/c1-21(9-11-5-7-12(22)8-6-11)15(23)13-3-2-4-14(20-13)24-10-16(17,18)19/h2-8,22H,9-10H2,1H3. The van der Waals surface area contributed by atoms with Gasteiger partial charge in [0.15, 0.2) is 6.61 Å². The van der Waals surface area contributed by atoms with Gasteiger partial charge in [-0.25, -0.2) is 4.98 Å². The predicted molar refractivity (Wildman–Crippen MR) is 79.7 cm³/mol. The van der Waals surface area contributed by atoms with Crippen molar-refractivity contribution in [2.45, 2.75) is 12.7 Å². The maximum absolute atomic E-state index is 12.3. The molecule has 1 heterocycles. The third kappa shape index (κ3) is 5.15. The normalized spacial score (nSPS) is 11.2. The van der Waals surface area contributed by atoms with E-state index in [0.29, 0.717) is 0 Å². The molecular formula is C16H15F3N2O3. The highest BCUT2D eigenvalue weighted by molar-refractivity contribution is 5.92. The molecule has 0 aliphatic rings. The number of carbonyl (C=O) groups excluding carboxylic acids is 1. The second-order valence-electron chi connectivity index (χ2n) is 5.09. The lowest BCUT2D eigenvalue weighted by Gasteiger charge is -2.17. The first-order chi connectivity index (χ1) is 11.2. The van der Waals surface area contributed by atoms with E-state index in [-0.39, 0.29) is 23.9 Å². The summed E-state index contributed by atoms with van der Waals surface area (Å²) < 4.78 is 41.0. The van der Waals surface area contributed by atoms with Crippen LogP contribution in [0.15, 0.2) is 42.5 Å². The van der Waals surface area contributed by atoms with Gasteiger partial charge in [0.25, 0.3) is 5.91 Å². The summed E-state index contributed by atoms with van der Waals surface area (Å²) >= 11 is 0. The summed E-state index contributed by atoms with van der Waals surface area (Å²) in [6.07, 6.45) is -4.47. The molecule has 0 aliphatic heterocycles. The molecule has 0 fully saturated rings. The van der Waals surface area contributed by atoms with E-state index < -0.39 is 18.7 Å². The van der Waals surface area contributed by atoms with Gasteiger partial charge in [0.1, 0.15) is 11.4 Å². The molecule has 1 aromatic carbocycles.